The average Bonchev–Trinajstić information content (AvgIpc) is 2.30. The Hall–Kier alpha value is -0.990. The fourth-order valence-corrected chi connectivity index (χ4v) is 2.29. The Morgan fingerprint density at radius 2 is 2.38 bits per heavy atom. The number of carbonyl (C=O) groups is 1. The minimum absolute atomic E-state index is 0.0662. The minimum Gasteiger partial charge on any atom is -0.466 e. The molecule has 0 aromatic rings. The molecule has 92 valence electrons. The second-order valence-electron chi connectivity index (χ2n) is 4.27. The van der Waals surface area contributed by atoms with Gasteiger partial charge in [0.25, 0.3) is 0 Å². The van der Waals surface area contributed by atoms with Gasteiger partial charge in [0.05, 0.1) is 6.61 Å². The Balaban J connectivity index is 2.20. The van der Waals surface area contributed by atoms with Crippen LogP contribution in [0.3, 0.4) is 0 Å². The van der Waals surface area contributed by atoms with Gasteiger partial charge < -0.3 is 9.64 Å². The Bertz CT molecular complexity index is 228. The molecule has 0 spiro atoms. The number of carbonyl (C=O) groups excluding carboxylic acids is 1. The van der Waals surface area contributed by atoms with Gasteiger partial charge in [-0.2, -0.15) is 0 Å². The fraction of sp³-hybridized carbons (Fsp3) is 0.769. The number of piperidine rings is 1. The molecule has 0 aromatic heterocycles. The summed E-state index contributed by atoms with van der Waals surface area (Å²) < 4.78 is 4.91. The molecule has 1 rings (SSSR count). The lowest BCUT2D eigenvalue weighted by Crippen LogP contribution is -2.35. The smallest absolute Gasteiger partial charge is 0.305 e. The summed E-state index contributed by atoms with van der Waals surface area (Å²) in [6, 6.07) is 0.584. The first-order chi connectivity index (χ1) is 7.77. The van der Waals surface area contributed by atoms with Crippen molar-refractivity contribution >= 4 is 5.97 Å². The lowest BCUT2D eigenvalue weighted by Gasteiger charge is -2.34. The van der Waals surface area contributed by atoms with E-state index in [0.29, 0.717) is 19.1 Å². The van der Waals surface area contributed by atoms with Crippen LogP contribution in [0.4, 0.5) is 0 Å². The molecular formula is C13H23NO2. The largest absolute Gasteiger partial charge is 0.466 e. The Labute approximate surface area is 98.5 Å². The highest BCUT2D eigenvalue weighted by atomic mass is 16.5. The molecule has 0 N–H and O–H groups in total. The molecule has 0 saturated carbocycles. The molecule has 1 heterocycles. The maximum Gasteiger partial charge on any atom is 0.305 e. The summed E-state index contributed by atoms with van der Waals surface area (Å²) in [5, 5.41) is 0. The summed E-state index contributed by atoms with van der Waals surface area (Å²) in [5.74, 6) is -0.0662. The Kier molecular flexibility index (Phi) is 5.98. The van der Waals surface area contributed by atoms with Crippen LogP contribution in [-0.2, 0) is 9.53 Å². The fourth-order valence-electron chi connectivity index (χ4n) is 2.29. The van der Waals surface area contributed by atoms with E-state index in [9.17, 15) is 4.79 Å². The quantitative estimate of drug-likeness (QED) is 0.651. The monoisotopic (exact) mass is 225 g/mol. The van der Waals surface area contributed by atoms with E-state index >= 15 is 0 Å². The summed E-state index contributed by atoms with van der Waals surface area (Å²) in [5.41, 5.74) is 0. The van der Waals surface area contributed by atoms with Crippen molar-refractivity contribution in [1.29, 1.82) is 0 Å². The second kappa shape index (κ2) is 7.31. The van der Waals surface area contributed by atoms with E-state index in [-0.39, 0.29) is 5.97 Å². The van der Waals surface area contributed by atoms with Crippen LogP contribution in [0.25, 0.3) is 0 Å². The number of hydrogen-bond acceptors (Lipinski definition) is 3. The van der Waals surface area contributed by atoms with Gasteiger partial charge in [0.2, 0.25) is 0 Å². The minimum atomic E-state index is -0.0662. The van der Waals surface area contributed by atoms with Crippen molar-refractivity contribution in [2.24, 2.45) is 0 Å². The highest BCUT2D eigenvalue weighted by Gasteiger charge is 2.19. The molecule has 1 aliphatic rings. The van der Waals surface area contributed by atoms with Crippen molar-refractivity contribution in [3.63, 3.8) is 0 Å². The molecule has 0 aliphatic carbocycles. The molecule has 0 radical (unpaired) electrons. The molecule has 0 amide bonds. The predicted octanol–water partition coefficient (Wildman–Crippen LogP) is 2.72. The number of hydrogen-bond donors (Lipinski definition) is 0. The molecule has 1 saturated heterocycles. The van der Waals surface area contributed by atoms with Crippen LogP contribution in [0.1, 0.15) is 45.4 Å². The first-order valence-electron chi connectivity index (χ1n) is 6.31. The van der Waals surface area contributed by atoms with Gasteiger partial charge in [-0.15, -0.1) is 0 Å². The van der Waals surface area contributed by atoms with Crippen molar-refractivity contribution in [3.05, 3.63) is 12.8 Å². The van der Waals surface area contributed by atoms with Crippen LogP contribution < -0.4 is 0 Å². The summed E-state index contributed by atoms with van der Waals surface area (Å²) in [6.07, 6.45) is 8.28. The molecule has 0 aromatic carbocycles. The number of ether oxygens (including phenoxy) is 1. The third-order valence-corrected chi connectivity index (χ3v) is 3.13. The van der Waals surface area contributed by atoms with E-state index in [2.05, 4.69) is 11.5 Å². The second-order valence-corrected chi connectivity index (χ2v) is 4.27. The Morgan fingerprint density at radius 1 is 1.56 bits per heavy atom. The lowest BCUT2D eigenvalue weighted by atomic mass is 9.98. The van der Waals surface area contributed by atoms with Crippen LogP contribution in [-0.4, -0.2) is 30.1 Å². The van der Waals surface area contributed by atoms with Gasteiger partial charge in [0.15, 0.2) is 0 Å². The highest BCUT2D eigenvalue weighted by Crippen LogP contribution is 2.21. The van der Waals surface area contributed by atoms with Crippen molar-refractivity contribution in [2.45, 2.75) is 51.5 Å². The number of nitrogens with zero attached hydrogens (tertiary/aromatic N) is 1. The molecular weight excluding hydrogens is 202 g/mol. The molecule has 1 aliphatic heterocycles. The zero-order chi connectivity index (χ0) is 11.8. The van der Waals surface area contributed by atoms with Gasteiger partial charge in [0.1, 0.15) is 0 Å². The number of rotatable bonds is 6. The van der Waals surface area contributed by atoms with Crippen LogP contribution in [0.5, 0.6) is 0 Å². The molecule has 1 fully saturated rings. The summed E-state index contributed by atoms with van der Waals surface area (Å²) in [7, 11) is 0. The van der Waals surface area contributed by atoms with Crippen molar-refractivity contribution in [1.82, 2.24) is 4.90 Å². The van der Waals surface area contributed by atoms with Crippen molar-refractivity contribution < 1.29 is 9.53 Å². The molecule has 0 bridgehead atoms. The van der Waals surface area contributed by atoms with E-state index in [1.807, 2.05) is 13.1 Å². The van der Waals surface area contributed by atoms with E-state index < -0.39 is 0 Å². The van der Waals surface area contributed by atoms with Crippen LogP contribution in [0.15, 0.2) is 12.8 Å². The van der Waals surface area contributed by atoms with Gasteiger partial charge in [-0.25, -0.2) is 0 Å². The molecule has 16 heavy (non-hydrogen) atoms. The van der Waals surface area contributed by atoms with Crippen LogP contribution in [0.2, 0.25) is 0 Å². The lowest BCUT2D eigenvalue weighted by molar-refractivity contribution is -0.143. The van der Waals surface area contributed by atoms with Gasteiger partial charge in [-0.05, 0) is 45.2 Å². The topological polar surface area (TPSA) is 29.5 Å². The van der Waals surface area contributed by atoms with Crippen LogP contribution >= 0.6 is 0 Å². The normalized spacial score (nSPS) is 20.6. The zero-order valence-corrected chi connectivity index (χ0v) is 10.3. The summed E-state index contributed by atoms with van der Waals surface area (Å²) in [6.45, 7) is 7.29. The highest BCUT2D eigenvalue weighted by molar-refractivity contribution is 5.69. The average molecular weight is 225 g/mol. The first kappa shape index (κ1) is 13.1. The Morgan fingerprint density at radius 3 is 3.06 bits per heavy atom. The zero-order valence-electron chi connectivity index (χ0n) is 10.3. The van der Waals surface area contributed by atoms with Gasteiger partial charge in [0, 0.05) is 19.0 Å². The summed E-state index contributed by atoms with van der Waals surface area (Å²) >= 11 is 0. The SMILES string of the molecule is C=CN1CCCCC1CCCC(=O)OCC. The maximum atomic E-state index is 11.2. The van der Waals surface area contributed by atoms with E-state index in [4.69, 9.17) is 4.74 Å². The van der Waals surface area contributed by atoms with Crippen LogP contribution in [0, 0.1) is 0 Å². The number of likely N-dealkylation sites (tertiary alicyclic amines) is 1. The van der Waals surface area contributed by atoms with Gasteiger partial charge in [-0.3, -0.25) is 4.79 Å². The van der Waals surface area contributed by atoms with E-state index in [1.165, 1.54) is 19.3 Å². The standard InChI is InChI=1S/C13H23NO2/c1-3-14-11-6-5-8-12(14)9-7-10-13(15)16-4-2/h3,12H,1,4-11H2,2H3. The predicted molar refractivity (Wildman–Crippen MR) is 65.0 cm³/mol. The first-order valence-corrected chi connectivity index (χ1v) is 6.31. The van der Waals surface area contributed by atoms with E-state index in [1.54, 1.807) is 0 Å². The molecule has 3 heteroatoms. The van der Waals surface area contributed by atoms with Gasteiger partial charge >= 0.3 is 5.97 Å². The summed E-state index contributed by atoms with van der Waals surface area (Å²) in [4.78, 5) is 13.5. The third kappa shape index (κ3) is 4.25. The maximum absolute atomic E-state index is 11.2. The molecule has 3 nitrogen and oxygen atoms in total. The third-order valence-electron chi connectivity index (χ3n) is 3.13. The number of esters is 1. The van der Waals surface area contributed by atoms with Gasteiger partial charge in [-0.1, -0.05) is 6.58 Å². The van der Waals surface area contributed by atoms with Crippen molar-refractivity contribution in [3.8, 4) is 0 Å². The van der Waals surface area contributed by atoms with Crippen molar-refractivity contribution in [2.75, 3.05) is 13.2 Å². The molecule has 1 atom stereocenters. The van der Waals surface area contributed by atoms with E-state index in [0.717, 1.165) is 19.4 Å². The molecule has 1 unspecified atom stereocenters.